The molecule has 0 aliphatic rings. The highest BCUT2D eigenvalue weighted by atomic mass is 16.4. The summed E-state index contributed by atoms with van der Waals surface area (Å²) in [6.45, 7) is 4.46. The van der Waals surface area contributed by atoms with Gasteiger partial charge in [0, 0.05) is 6.42 Å². The van der Waals surface area contributed by atoms with E-state index < -0.39 is 17.9 Å². The lowest BCUT2D eigenvalue weighted by molar-refractivity contribution is -0.138. The van der Waals surface area contributed by atoms with Crippen molar-refractivity contribution in [1.82, 2.24) is 10.3 Å². The van der Waals surface area contributed by atoms with E-state index in [0.717, 1.165) is 0 Å². The predicted octanol–water partition coefficient (Wildman–Crippen LogP) is 0.779. The van der Waals surface area contributed by atoms with Crippen LogP contribution in [0.3, 0.4) is 0 Å². The van der Waals surface area contributed by atoms with E-state index in [9.17, 15) is 14.4 Å². The first-order valence-corrected chi connectivity index (χ1v) is 5.41. The van der Waals surface area contributed by atoms with Crippen LogP contribution in [0.2, 0.25) is 0 Å². The van der Waals surface area contributed by atoms with Crippen LogP contribution in [0.5, 0.6) is 0 Å². The molecule has 1 amide bonds. The zero-order valence-electron chi connectivity index (χ0n) is 10.3. The molecule has 1 aromatic heterocycles. The molecule has 0 saturated carbocycles. The highest BCUT2D eigenvalue weighted by Gasteiger charge is 2.23. The molecule has 0 aliphatic carbocycles. The summed E-state index contributed by atoms with van der Waals surface area (Å²) in [4.78, 5) is 37.4. The van der Waals surface area contributed by atoms with E-state index in [2.05, 4.69) is 10.3 Å². The number of carbonyl (C=O) groups is 3. The van der Waals surface area contributed by atoms with Crippen LogP contribution in [0, 0.1) is 6.92 Å². The van der Waals surface area contributed by atoms with E-state index in [1.54, 1.807) is 6.92 Å². The van der Waals surface area contributed by atoms with Crippen molar-refractivity contribution in [1.29, 1.82) is 0 Å². The molecule has 7 heteroatoms. The summed E-state index contributed by atoms with van der Waals surface area (Å²) >= 11 is 0. The maximum Gasteiger partial charge on any atom is 0.325 e. The standard InChI is InChI=1S/C11H14N2O5/c1-4-7(14)10-13-8(6(3)18-10)9(15)12-5(2)11(16)17/h5H,4H2,1-3H3,(H,12,15)(H,16,17). The van der Waals surface area contributed by atoms with Crippen LogP contribution in [0.25, 0.3) is 0 Å². The number of carbonyl (C=O) groups excluding carboxylic acids is 2. The third-order valence-corrected chi connectivity index (χ3v) is 2.29. The molecule has 0 aromatic carbocycles. The van der Waals surface area contributed by atoms with Crippen LogP contribution < -0.4 is 5.32 Å². The predicted molar refractivity (Wildman–Crippen MR) is 60.4 cm³/mol. The van der Waals surface area contributed by atoms with Crippen molar-refractivity contribution in [2.45, 2.75) is 33.2 Å². The smallest absolute Gasteiger partial charge is 0.325 e. The molecule has 18 heavy (non-hydrogen) atoms. The maximum atomic E-state index is 11.7. The summed E-state index contributed by atoms with van der Waals surface area (Å²) in [6, 6.07) is -1.04. The number of rotatable bonds is 5. The number of amides is 1. The number of Topliss-reactive ketones (excluding diaryl/α,β-unsaturated/α-hetero) is 1. The van der Waals surface area contributed by atoms with Gasteiger partial charge in [0.15, 0.2) is 5.69 Å². The zero-order valence-corrected chi connectivity index (χ0v) is 10.3. The van der Waals surface area contributed by atoms with Gasteiger partial charge in [0.05, 0.1) is 0 Å². The number of aliphatic carboxylic acids is 1. The number of aromatic nitrogens is 1. The molecule has 1 unspecified atom stereocenters. The van der Waals surface area contributed by atoms with Gasteiger partial charge in [-0.2, -0.15) is 0 Å². The average Bonchev–Trinajstić information content (AvgIpc) is 2.70. The van der Waals surface area contributed by atoms with Gasteiger partial charge < -0.3 is 14.8 Å². The third-order valence-electron chi connectivity index (χ3n) is 2.29. The molecular formula is C11H14N2O5. The Balaban J connectivity index is 2.90. The Morgan fingerprint density at radius 3 is 2.56 bits per heavy atom. The Labute approximate surface area is 103 Å². The minimum Gasteiger partial charge on any atom is -0.480 e. The van der Waals surface area contributed by atoms with Crippen molar-refractivity contribution < 1.29 is 23.9 Å². The first kappa shape index (κ1) is 13.9. The number of hydrogen-bond donors (Lipinski definition) is 2. The van der Waals surface area contributed by atoms with E-state index in [1.165, 1.54) is 13.8 Å². The molecule has 98 valence electrons. The van der Waals surface area contributed by atoms with Crippen LogP contribution in [0.1, 0.15) is 47.2 Å². The van der Waals surface area contributed by atoms with Crippen LogP contribution in [0.4, 0.5) is 0 Å². The number of hydrogen-bond acceptors (Lipinski definition) is 5. The van der Waals surface area contributed by atoms with Gasteiger partial charge in [-0.3, -0.25) is 14.4 Å². The van der Waals surface area contributed by atoms with Gasteiger partial charge in [-0.25, -0.2) is 4.98 Å². The highest BCUT2D eigenvalue weighted by Crippen LogP contribution is 2.11. The molecule has 1 heterocycles. The Morgan fingerprint density at radius 1 is 1.44 bits per heavy atom. The first-order chi connectivity index (χ1) is 8.36. The fourth-order valence-corrected chi connectivity index (χ4v) is 1.20. The second-order valence-corrected chi connectivity index (χ2v) is 3.73. The SMILES string of the molecule is CCC(=O)c1nc(C(=O)NC(C)C(=O)O)c(C)o1. The Kier molecular flexibility index (Phi) is 4.19. The molecule has 0 fully saturated rings. The molecular weight excluding hydrogens is 240 g/mol. The summed E-state index contributed by atoms with van der Waals surface area (Å²) in [7, 11) is 0. The first-order valence-electron chi connectivity index (χ1n) is 5.41. The minimum absolute atomic E-state index is 0.0695. The quantitative estimate of drug-likeness (QED) is 0.751. The van der Waals surface area contributed by atoms with Crippen LogP contribution in [-0.2, 0) is 4.79 Å². The van der Waals surface area contributed by atoms with Crippen molar-refractivity contribution in [3.63, 3.8) is 0 Å². The Morgan fingerprint density at radius 2 is 2.06 bits per heavy atom. The van der Waals surface area contributed by atoms with Crippen molar-refractivity contribution in [2.75, 3.05) is 0 Å². The monoisotopic (exact) mass is 254 g/mol. The van der Waals surface area contributed by atoms with E-state index in [1.807, 2.05) is 0 Å². The third kappa shape index (κ3) is 2.93. The lowest BCUT2D eigenvalue weighted by Gasteiger charge is -2.07. The van der Waals surface area contributed by atoms with Crippen molar-refractivity contribution in [3.8, 4) is 0 Å². The van der Waals surface area contributed by atoms with Crippen LogP contribution in [-0.4, -0.2) is 33.8 Å². The number of nitrogens with zero attached hydrogens (tertiary/aromatic N) is 1. The van der Waals surface area contributed by atoms with E-state index >= 15 is 0 Å². The van der Waals surface area contributed by atoms with Gasteiger partial charge in [-0.15, -0.1) is 0 Å². The molecule has 1 rings (SSSR count). The molecule has 0 radical (unpaired) electrons. The molecule has 1 aromatic rings. The number of ketones is 1. The summed E-state index contributed by atoms with van der Waals surface area (Å²) in [5.74, 6) is -2.11. The van der Waals surface area contributed by atoms with Gasteiger partial charge in [0.1, 0.15) is 11.8 Å². The summed E-state index contributed by atoms with van der Waals surface area (Å²) in [5.41, 5.74) is -0.0695. The van der Waals surface area contributed by atoms with Gasteiger partial charge in [-0.05, 0) is 13.8 Å². The van der Waals surface area contributed by atoms with Crippen molar-refractivity contribution in [3.05, 3.63) is 17.3 Å². The summed E-state index contributed by atoms with van der Waals surface area (Å²) in [5, 5.41) is 10.9. The van der Waals surface area contributed by atoms with E-state index in [4.69, 9.17) is 9.52 Å². The molecule has 0 spiro atoms. The van der Waals surface area contributed by atoms with Gasteiger partial charge in [0.25, 0.3) is 11.8 Å². The molecule has 0 saturated heterocycles. The number of carboxylic acid groups (broad SMARTS) is 1. The molecule has 0 aliphatic heterocycles. The van der Waals surface area contributed by atoms with Gasteiger partial charge in [0.2, 0.25) is 5.78 Å². The summed E-state index contributed by atoms with van der Waals surface area (Å²) in [6.07, 6.45) is 0.215. The topological polar surface area (TPSA) is 110 Å². The lowest BCUT2D eigenvalue weighted by atomic mass is 10.3. The van der Waals surface area contributed by atoms with E-state index in [0.29, 0.717) is 0 Å². The number of nitrogens with one attached hydrogen (secondary N) is 1. The normalized spacial score (nSPS) is 11.9. The maximum absolute atomic E-state index is 11.7. The van der Waals surface area contributed by atoms with Crippen LogP contribution >= 0.6 is 0 Å². The fraction of sp³-hybridized carbons (Fsp3) is 0.455. The van der Waals surface area contributed by atoms with E-state index in [-0.39, 0.29) is 29.5 Å². The summed E-state index contributed by atoms with van der Waals surface area (Å²) < 4.78 is 5.06. The zero-order chi connectivity index (χ0) is 13.9. The molecule has 2 N–H and O–H groups in total. The minimum atomic E-state index is -1.16. The number of carboxylic acids is 1. The molecule has 1 atom stereocenters. The second-order valence-electron chi connectivity index (χ2n) is 3.73. The largest absolute Gasteiger partial charge is 0.480 e. The molecule has 7 nitrogen and oxygen atoms in total. The van der Waals surface area contributed by atoms with Gasteiger partial charge >= 0.3 is 5.97 Å². The average molecular weight is 254 g/mol. The molecule has 0 bridgehead atoms. The number of oxazole rings is 1. The Hall–Kier alpha value is -2.18. The fourth-order valence-electron chi connectivity index (χ4n) is 1.20. The lowest BCUT2D eigenvalue weighted by Crippen LogP contribution is -2.38. The highest BCUT2D eigenvalue weighted by molar-refractivity contribution is 5.98. The van der Waals surface area contributed by atoms with Crippen molar-refractivity contribution >= 4 is 17.7 Å². The Bertz CT molecular complexity index is 492. The van der Waals surface area contributed by atoms with Crippen molar-refractivity contribution in [2.24, 2.45) is 0 Å². The number of aryl methyl sites for hydroxylation is 1. The van der Waals surface area contributed by atoms with Crippen LogP contribution in [0.15, 0.2) is 4.42 Å². The van der Waals surface area contributed by atoms with Gasteiger partial charge in [-0.1, -0.05) is 6.92 Å². The second kappa shape index (κ2) is 5.44.